The molecular weight excluding hydrogens is 107 g/mol. The van der Waals surface area contributed by atoms with Gasteiger partial charge in [0.2, 0.25) is 0 Å². The molecule has 1 heterocycles. The van der Waals surface area contributed by atoms with E-state index in [0.717, 1.165) is 0 Å². The Hall–Kier alpha value is -1.12. The minimum atomic E-state index is -1.11. The van der Waals surface area contributed by atoms with E-state index >= 15 is 0 Å². The predicted octanol–water partition coefficient (Wildman–Crippen LogP) is 0.803. The lowest BCUT2D eigenvalue weighted by molar-refractivity contribution is 0.622. The number of aromatic nitrogens is 1. The van der Waals surface area contributed by atoms with Gasteiger partial charge in [0.1, 0.15) is 11.6 Å². The number of hydrogen-bond acceptors (Lipinski definition) is 2. The fraction of sp³-hybridized carbons (Fsp3) is 0. The molecular formula is C5H5FN2. The van der Waals surface area contributed by atoms with Gasteiger partial charge in [0.05, 0.1) is 10.3 Å². The van der Waals surface area contributed by atoms with Crippen molar-refractivity contribution in [3.05, 3.63) is 24.1 Å². The molecule has 3 heteroatoms. The van der Waals surface area contributed by atoms with Gasteiger partial charge in [0, 0.05) is 0 Å². The summed E-state index contributed by atoms with van der Waals surface area (Å²) in [6.45, 7) is 0. The highest BCUT2D eigenvalue weighted by Gasteiger charge is 1.85. The average molecular weight is 115 g/mol. The van der Waals surface area contributed by atoms with Gasteiger partial charge in [-0.15, -0.1) is 0 Å². The third-order valence-electron chi connectivity index (χ3n) is 0.575. The normalized spacial score (nSPS) is 14.4. The van der Waals surface area contributed by atoms with Crippen LogP contribution in [0.25, 0.3) is 0 Å². The summed E-state index contributed by atoms with van der Waals surface area (Å²) >= 11 is 0. The van der Waals surface area contributed by atoms with E-state index in [9.17, 15) is 4.39 Å². The topological polar surface area (TPSA) is 38.9 Å². The average Bonchev–Trinajstić information content (AvgIpc) is 1.97. The van der Waals surface area contributed by atoms with Crippen molar-refractivity contribution in [1.29, 1.82) is 0 Å². The van der Waals surface area contributed by atoms with Gasteiger partial charge < -0.3 is 5.73 Å². The highest BCUT2D eigenvalue weighted by atomic mass is 19.1. The van der Waals surface area contributed by atoms with Crippen molar-refractivity contribution in [2.24, 2.45) is 0 Å². The molecule has 0 fully saturated rings. The number of nitrogens with two attached hydrogens (primary N) is 1. The summed E-state index contributed by atoms with van der Waals surface area (Å²) in [5, 5.41) is 0. The van der Waals surface area contributed by atoms with E-state index in [1.807, 2.05) is 0 Å². The summed E-state index contributed by atoms with van der Waals surface area (Å²) in [6, 6.07) is -1.15. The molecule has 1 aromatic heterocycles. The molecule has 0 saturated heterocycles. The minimum Gasteiger partial charge on any atom is -0.384 e. The van der Waals surface area contributed by atoms with Crippen LogP contribution in [0.4, 0.5) is 10.2 Å². The van der Waals surface area contributed by atoms with Crippen LogP contribution in [0.1, 0.15) is 4.11 Å². The molecule has 0 aliphatic rings. The lowest BCUT2D eigenvalue weighted by Crippen LogP contribution is -1.87. The van der Waals surface area contributed by atoms with E-state index in [1.165, 1.54) is 0 Å². The van der Waals surface area contributed by atoms with Gasteiger partial charge in [-0.05, 0) is 12.1 Å². The van der Waals surface area contributed by atoms with Gasteiger partial charge >= 0.3 is 0 Å². The largest absolute Gasteiger partial charge is 0.384 e. The van der Waals surface area contributed by atoms with E-state index in [4.69, 9.17) is 9.85 Å². The summed E-state index contributed by atoms with van der Waals surface area (Å²) in [4.78, 5) is 3.20. The number of halogens is 1. The highest BCUT2D eigenvalue weighted by molar-refractivity contribution is 5.25. The lowest BCUT2D eigenvalue weighted by atomic mass is 10.5. The molecule has 42 valence electrons. The zero-order chi connectivity index (χ0) is 8.59. The molecule has 2 nitrogen and oxygen atoms in total. The second-order valence-electron chi connectivity index (χ2n) is 1.17. The first-order valence-electron chi connectivity index (χ1n) is 3.42. The number of anilines is 1. The zero-order valence-corrected chi connectivity index (χ0v) is 3.90. The van der Waals surface area contributed by atoms with Crippen molar-refractivity contribution in [3.8, 4) is 0 Å². The summed E-state index contributed by atoms with van der Waals surface area (Å²) < 4.78 is 33.3. The molecule has 0 aromatic carbocycles. The Labute approximate surface area is 50.4 Å². The maximum Gasteiger partial charge on any atom is 0.141 e. The van der Waals surface area contributed by atoms with Crippen LogP contribution < -0.4 is 5.73 Å². The molecule has 0 saturated carbocycles. The smallest absolute Gasteiger partial charge is 0.141 e. The summed E-state index contributed by atoms with van der Waals surface area (Å²) in [5.41, 5.74) is 5.09. The van der Waals surface area contributed by atoms with Crippen molar-refractivity contribution in [2.45, 2.75) is 0 Å². The van der Waals surface area contributed by atoms with Crippen molar-refractivity contribution in [3.63, 3.8) is 0 Å². The van der Waals surface area contributed by atoms with Crippen LogP contribution in [-0.4, -0.2) is 4.98 Å². The first kappa shape index (κ1) is 2.44. The van der Waals surface area contributed by atoms with Gasteiger partial charge in [-0.1, -0.05) is 0 Å². The van der Waals surface area contributed by atoms with E-state index in [-0.39, 0.29) is 5.82 Å². The molecule has 0 atom stereocenters. The molecule has 8 heavy (non-hydrogen) atoms. The van der Waals surface area contributed by atoms with Crippen molar-refractivity contribution >= 4 is 5.82 Å². The molecule has 0 amide bonds. The van der Waals surface area contributed by atoms with Crippen molar-refractivity contribution in [1.82, 2.24) is 4.98 Å². The Balaban J connectivity index is 3.46. The first-order chi connectivity index (χ1) is 5.04. The van der Waals surface area contributed by atoms with E-state index < -0.39 is 24.1 Å². The second kappa shape index (κ2) is 1.78. The molecule has 2 N–H and O–H groups in total. The van der Waals surface area contributed by atoms with Gasteiger partial charge in [-0.3, -0.25) is 0 Å². The number of pyridine rings is 1. The van der Waals surface area contributed by atoms with E-state index in [0.29, 0.717) is 0 Å². The van der Waals surface area contributed by atoms with Crippen molar-refractivity contribution < 1.29 is 8.50 Å². The van der Waals surface area contributed by atoms with Gasteiger partial charge in [-0.2, -0.15) is 0 Å². The molecule has 0 spiro atoms. The Kier molecular flexibility index (Phi) is 0.541. The fourth-order valence-electron chi connectivity index (χ4n) is 0.284. The Morgan fingerprint density at radius 2 is 2.50 bits per heavy atom. The molecule has 0 unspecified atom stereocenters. The minimum absolute atomic E-state index is 0.290. The highest BCUT2D eigenvalue weighted by Crippen LogP contribution is 1.96. The van der Waals surface area contributed by atoms with E-state index in [1.54, 1.807) is 0 Å². The van der Waals surface area contributed by atoms with Gasteiger partial charge in [0.15, 0.2) is 0 Å². The maximum absolute atomic E-state index is 12.6. The van der Waals surface area contributed by atoms with Gasteiger partial charge in [0.25, 0.3) is 0 Å². The van der Waals surface area contributed by atoms with Crippen LogP contribution in [0.5, 0.6) is 0 Å². The van der Waals surface area contributed by atoms with Crippen LogP contribution in [0.3, 0.4) is 0 Å². The molecule has 0 aliphatic heterocycles. The first-order valence-corrected chi connectivity index (χ1v) is 1.92. The Bertz CT molecular complexity index is 276. The third-order valence-corrected chi connectivity index (χ3v) is 0.575. The van der Waals surface area contributed by atoms with Crippen LogP contribution in [0.2, 0.25) is 0 Å². The third kappa shape index (κ3) is 0.932. The summed E-state index contributed by atoms with van der Waals surface area (Å²) in [5.74, 6) is -1.40. The number of nitrogen functional groups attached to an aromatic ring is 1. The van der Waals surface area contributed by atoms with Crippen molar-refractivity contribution in [2.75, 3.05) is 5.73 Å². The summed E-state index contributed by atoms with van der Waals surface area (Å²) in [7, 11) is 0. The van der Waals surface area contributed by atoms with Gasteiger partial charge in [-0.25, -0.2) is 9.37 Å². The van der Waals surface area contributed by atoms with Crippen LogP contribution in [-0.2, 0) is 0 Å². The Morgan fingerprint density at radius 1 is 1.75 bits per heavy atom. The fourth-order valence-corrected chi connectivity index (χ4v) is 0.284. The van der Waals surface area contributed by atoms with Crippen LogP contribution >= 0.6 is 0 Å². The maximum atomic E-state index is 12.6. The summed E-state index contributed by atoms with van der Waals surface area (Å²) in [6.07, 6.45) is -0.691. The SMILES string of the molecule is [2H]c1nc(N)c([2H])c([2H])c1F. The molecule has 1 rings (SSSR count). The number of rotatable bonds is 0. The lowest BCUT2D eigenvalue weighted by Gasteiger charge is -1.86. The molecule has 0 aliphatic carbocycles. The van der Waals surface area contributed by atoms with Crippen LogP contribution in [0, 0.1) is 5.82 Å². The van der Waals surface area contributed by atoms with E-state index in [2.05, 4.69) is 4.98 Å². The quantitative estimate of drug-likeness (QED) is 0.543. The Morgan fingerprint density at radius 3 is 3.25 bits per heavy atom. The molecule has 1 aromatic rings. The molecule has 0 radical (unpaired) electrons. The number of hydrogen-bond donors (Lipinski definition) is 1. The predicted molar refractivity (Wildman–Crippen MR) is 28.6 cm³/mol. The molecule has 0 bridgehead atoms. The van der Waals surface area contributed by atoms with Crippen LogP contribution in [0.15, 0.2) is 18.3 Å². The standard InChI is InChI=1S/C5H5FN2/c6-4-1-2-5(7)8-3-4/h1-3H,(H2,7,8)/i1D,2D,3D. The number of nitrogens with zero attached hydrogens (tertiary/aromatic N) is 1. The zero-order valence-electron chi connectivity index (χ0n) is 6.90. The monoisotopic (exact) mass is 115 g/mol. The second-order valence-corrected chi connectivity index (χ2v) is 1.17.